The Morgan fingerprint density at radius 3 is 1.95 bits per heavy atom. The van der Waals surface area contributed by atoms with Crippen LogP contribution in [0.5, 0.6) is 0 Å². The second-order valence-corrected chi connectivity index (χ2v) is 11.0. The number of aromatic nitrogens is 1. The molecule has 0 fully saturated rings. The molecule has 0 saturated carbocycles. The molecular weight excluding hydrogens is 484 g/mol. The standard InChI is InChI=1S/C30H56N2O4S/c1-3-4-5-6-7-8-9-10-11-12-13-14-15-16-17-18-21-31-30(33)36-27-29(34-2)26-35-24-20-19-22-32-23-25-37-28-32/h23,25,28-29H,3-22,24,26-27H2,1-2H3/p+1/t29-/m0/s1. The molecule has 0 aliphatic rings. The van der Waals surface area contributed by atoms with Crippen molar-refractivity contribution < 1.29 is 23.6 Å². The van der Waals surface area contributed by atoms with Gasteiger partial charge in [0.2, 0.25) is 5.51 Å². The monoisotopic (exact) mass is 541 g/mol. The molecule has 0 aliphatic carbocycles. The van der Waals surface area contributed by atoms with Crippen LogP contribution < -0.4 is 9.88 Å². The minimum absolute atomic E-state index is 0.214. The van der Waals surface area contributed by atoms with Crippen molar-refractivity contribution in [3.63, 3.8) is 0 Å². The average Bonchev–Trinajstić information content (AvgIpc) is 3.43. The van der Waals surface area contributed by atoms with Gasteiger partial charge in [-0.1, -0.05) is 115 Å². The Hall–Kier alpha value is -1.18. The number of thiazole rings is 1. The number of hydrogen-bond acceptors (Lipinski definition) is 5. The van der Waals surface area contributed by atoms with Gasteiger partial charge in [0, 0.05) is 26.7 Å². The van der Waals surface area contributed by atoms with Crippen molar-refractivity contribution in [2.24, 2.45) is 0 Å². The molecule has 37 heavy (non-hydrogen) atoms. The molecule has 6 nitrogen and oxygen atoms in total. The van der Waals surface area contributed by atoms with E-state index in [4.69, 9.17) is 14.2 Å². The second-order valence-electron chi connectivity index (χ2n) is 10.2. The summed E-state index contributed by atoms with van der Waals surface area (Å²) in [4.78, 5) is 11.9. The molecule has 0 spiro atoms. The maximum absolute atomic E-state index is 11.9. The lowest BCUT2D eigenvalue weighted by atomic mass is 10.0. The first-order chi connectivity index (χ1) is 18.3. The highest BCUT2D eigenvalue weighted by molar-refractivity contribution is 7.07. The number of aryl methyl sites for hydroxylation is 1. The third kappa shape index (κ3) is 22.5. The predicted molar refractivity (Wildman–Crippen MR) is 154 cm³/mol. The molecule has 1 atom stereocenters. The molecule has 0 saturated heterocycles. The van der Waals surface area contributed by atoms with Crippen LogP contribution in [0, 0.1) is 0 Å². The Morgan fingerprint density at radius 1 is 0.811 bits per heavy atom. The van der Waals surface area contributed by atoms with Crippen LogP contribution in [0.25, 0.3) is 0 Å². The highest BCUT2D eigenvalue weighted by Gasteiger charge is 2.11. The summed E-state index contributed by atoms with van der Waals surface area (Å²) in [5.41, 5.74) is 2.12. The van der Waals surface area contributed by atoms with E-state index >= 15 is 0 Å². The quantitative estimate of drug-likeness (QED) is 0.0910. The maximum Gasteiger partial charge on any atom is 0.407 e. The number of unbranched alkanes of at least 4 members (excludes halogenated alkanes) is 16. The van der Waals surface area contributed by atoms with Gasteiger partial charge in [-0.05, 0) is 12.8 Å². The largest absolute Gasteiger partial charge is 0.447 e. The molecule has 0 aromatic carbocycles. The summed E-state index contributed by atoms with van der Waals surface area (Å²) in [7, 11) is 1.62. The van der Waals surface area contributed by atoms with Crippen molar-refractivity contribution in [3.8, 4) is 0 Å². The number of nitrogens with zero attached hydrogens (tertiary/aromatic N) is 1. The van der Waals surface area contributed by atoms with E-state index in [-0.39, 0.29) is 18.8 Å². The number of methoxy groups -OCH3 is 1. The zero-order valence-corrected chi connectivity index (χ0v) is 24.9. The first-order valence-corrected chi connectivity index (χ1v) is 16.1. The first kappa shape index (κ1) is 33.8. The van der Waals surface area contributed by atoms with Crippen LogP contribution in [0.2, 0.25) is 0 Å². The highest BCUT2D eigenvalue weighted by atomic mass is 32.1. The predicted octanol–water partition coefficient (Wildman–Crippen LogP) is 7.84. The van der Waals surface area contributed by atoms with Crippen LogP contribution in [0.15, 0.2) is 17.1 Å². The Labute approximate surface area is 231 Å². The van der Waals surface area contributed by atoms with Crippen molar-refractivity contribution in [3.05, 3.63) is 17.1 Å². The molecule has 0 aliphatic heterocycles. The molecule has 1 rings (SSSR count). The number of carbonyl (C=O) groups is 1. The van der Waals surface area contributed by atoms with Gasteiger partial charge in [0.1, 0.15) is 19.3 Å². The summed E-state index contributed by atoms with van der Waals surface area (Å²) in [6, 6.07) is 0. The summed E-state index contributed by atoms with van der Waals surface area (Å²) >= 11 is 1.71. The Balaban J connectivity index is 1.80. The molecule has 7 heteroatoms. The van der Waals surface area contributed by atoms with Gasteiger partial charge >= 0.3 is 6.09 Å². The van der Waals surface area contributed by atoms with Crippen molar-refractivity contribution in [1.82, 2.24) is 5.32 Å². The lowest BCUT2D eigenvalue weighted by Gasteiger charge is -2.16. The molecule has 0 radical (unpaired) electrons. The molecule has 1 aromatic rings. The molecule has 1 amide bonds. The summed E-state index contributed by atoms with van der Waals surface area (Å²) in [5, 5.41) is 4.93. The zero-order valence-electron chi connectivity index (χ0n) is 24.1. The van der Waals surface area contributed by atoms with Crippen LogP contribution in [-0.2, 0) is 20.8 Å². The van der Waals surface area contributed by atoms with E-state index in [2.05, 4.69) is 33.9 Å². The van der Waals surface area contributed by atoms with E-state index < -0.39 is 0 Å². The number of hydrogen-bond donors (Lipinski definition) is 1. The van der Waals surface area contributed by atoms with Gasteiger partial charge < -0.3 is 19.5 Å². The van der Waals surface area contributed by atoms with Gasteiger partial charge in [0.05, 0.1) is 12.0 Å². The Morgan fingerprint density at radius 2 is 1.41 bits per heavy atom. The minimum atomic E-state index is -0.365. The zero-order chi connectivity index (χ0) is 26.7. The van der Waals surface area contributed by atoms with E-state index in [1.807, 2.05) is 0 Å². The molecule has 1 heterocycles. The van der Waals surface area contributed by atoms with Crippen LogP contribution in [0.3, 0.4) is 0 Å². The Kier molecular flexibility index (Phi) is 24.2. The van der Waals surface area contributed by atoms with Gasteiger partial charge in [-0.15, -0.1) is 0 Å². The summed E-state index contributed by atoms with van der Waals surface area (Å²) < 4.78 is 18.5. The lowest BCUT2D eigenvalue weighted by Crippen LogP contribution is -2.31. The van der Waals surface area contributed by atoms with Crippen LogP contribution >= 0.6 is 11.3 Å². The van der Waals surface area contributed by atoms with Crippen molar-refractivity contribution in [2.45, 2.75) is 135 Å². The van der Waals surface area contributed by atoms with Crippen molar-refractivity contribution in [1.29, 1.82) is 0 Å². The fraction of sp³-hybridized carbons (Fsp3) is 0.867. The maximum atomic E-state index is 11.9. The number of amides is 1. The number of nitrogens with one attached hydrogen (secondary N) is 1. The number of alkyl carbamates (subject to hydrolysis) is 1. The van der Waals surface area contributed by atoms with Gasteiger partial charge in [-0.2, -0.15) is 4.57 Å². The molecule has 0 unspecified atom stereocenters. The molecule has 1 N–H and O–H groups in total. The van der Waals surface area contributed by atoms with Gasteiger partial charge in [-0.25, -0.2) is 4.79 Å². The van der Waals surface area contributed by atoms with Crippen molar-refractivity contribution >= 4 is 17.4 Å². The smallest absolute Gasteiger partial charge is 0.407 e. The summed E-state index contributed by atoms with van der Waals surface area (Å²) in [5.74, 6) is 0. The first-order valence-electron chi connectivity index (χ1n) is 15.2. The van der Waals surface area contributed by atoms with Gasteiger partial charge in [-0.3, -0.25) is 0 Å². The third-order valence-corrected chi connectivity index (χ3v) is 7.49. The lowest BCUT2D eigenvalue weighted by molar-refractivity contribution is -0.692. The summed E-state index contributed by atoms with van der Waals surface area (Å²) in [6.07, 6.45) is 25.2. The number of rotatable bonds is 27. The van der Waals surface area contributed by atoms with E-state index in [0.29, 0.717) is 19.8 Å². The molecule has 0 bridgehead atoms. The fourth-order valence-corrected chi connectivity index (χ4v) is 5.00. The normalized spacial score (nSPS) is 12.1. The SMILES string of the molecule is CCCCCCCCCCCCCCCCCCNC(=O)OC[C@H](COCCCC[n+]1ccsc1)OC. The van der Waals surface area contributed by atoms with Gasteiger partial charge in [0.25, 0.3) is 0 Å². The third-order valence-electron chi connectivity index (χ3n) is 6.82. The van der Waals surface area contributed by atoms with Gasteiger partial charge in [0.15, 0.2) is 6.20 Å². The van der Waals surface area contributed by atoms with Crippen LogP contribution in [0.4, 0.5) is 4.79 Å². The van der Waals surface area contributed by atoms with Crippen LogP contribution in [-0.4, -0.2) is 45.7 Å². The number of carbonyl (C=O) groups excluding carboxylic acids is 1. The van der Waals surface area contributed by atoms with E-state index in [1.54, 1.807) is 18.4 Å². The Bertz CT molecular complexity index is 600. The van der Waals surface area contributed by atoms with E-state index in [0.717, 1.165) is 32.2 Å². The average molecular weight is 542 g/mol. The molecular formula is C30H57N2O4S+. The second kappa shape index (κ2) is 26.4. The topological polar surface area (TPSA) is 60.7 Å². The summed E-state index contributed by atoms with van der Waals surface area (Å²) in [6.45, 7) is 5.32. The number of ether oxygens (including phenoxy) is 3. The van der Waals surface area contributed by atoms with E-state index in [9.17, 15) is 4.79 Å². The minimum Gasteiger partial charge on any atom is -0.447 e. The van der Waals surface area contributed by atoms with Crippen molar-refractivity contribution in [2.75, 3.05) is 33.5 Å². The molecule has 216 valence electrons. The highest BCUT2D eigenvalue weighted by Crippen LogP contribution is 2.13. The van der Waals surface area contributed by atoms with E-state index in [1.165, 1.54) is 89.9 Å². The van der Waals surface area contributed by atoms with Crippen LogP contribution in [0.1, 0.15) is 122 Å². The molecule has 1 aromatic heterocycles. The fourth-order valence-electron chi connectivity index (χ4n) is 4.37.